The van der Waals surface area contributed by atoms with Gasteiger partial charge in [-0.1, -0.05) is 0 Å². The standard InChI is InChI=1S/C13H17BrN2O3/c1-8(4-12(15)17)16-7-9-5-10(14)13-11(6-9)18-2-3-19-13/h5-6,8,16H,2-4,7H2,1H3,(H2,15,17). The van der Waals surface area contributed by atoms with Crippen molar-refractivity contribution in [3.05, 3.63) is 22.2 Å². The third-order valence-electron chi connectivity index (χ3n) is 2.82. The normalized spacial score (nSPS) is 15.1. The second-order valence-corrected chi connectivity index (χ2v) is 5.41. The summed E-state index contributed by atoms with van der Waals surface area (Å²) >= 11 is 3.47. The van der Waals surface area contributed by atoms with Gasteiger partial charge in [-0.2, -0.15) is 0 Å². The SMILES string of the molecule is CC(CC(N)=O)NCc1cc(Br)c2c(c1)OCCO2. The number of carbonyl (C=O) groups excluding carboxylic acids is 1. The molecule has 5 nitrogen and oxygen atoms in total. The predicted octanol–water partition coefficient (Wildman–Crippen LogP) is 1.57. The molecule has 1 unspecified atom stereocenters. The highest BCUT2D eigenvalue weighted by Gasteiger charge is 2.16. The molecule has 1 aliphatic heterocycles. The summed E-state index contributed by atoms with van der Waals surface area (Å²) < 4.78 is 12.0. The summed E-state index contributed by atoms with van der Waals surface area (Å²) in [5.41, 5.74) is 6.22. The first kappa shape index (κ1) is 14.1. The van der Waals surface area contributed by atoms with Crippen molar-refractivity contribution in [2.24, 2.45) is 5.73 Å². The lowest BCUT2D eigenvalue weighted by Gasteiger charge is -2.21. The molecule has 0 radical (unpaired) electrons. The lowest BCUT2D eigenvalue weighted by Crippen LogP contribution is -2.30. The van der Waals surface area contributed by atoms with Crippen LogP contribution in [-0.4, -0.2) is 25.2 Å². The summed E-state index contributed by atoms with van der Waals surface area (Å²) in [4.78, 5) is 10.8. The van der Waals surface area contributed by atoms with Crippen LogP contribution < -0.4 is 20.5 Å². The average Bonchev–Trinajstić information content (AvgIpc) is 2.36. The highest BCUT2D eigenvalue weighted by molar-refractivity contribution is 9.10. The number of benzene rings is 1. The van der Waals surface area contributed by atoms with Gasteiger partial charge < -0.3 is 20.5 Å². The van der Waals surface area contributed by atoms with Gasteiger partial charge in [-0.15, -0.1) is 0 Å². The van der Waals surface area contributed by atoms with Gasteiger partial charge >= 0.3 is 0 Å². The first-order valence-electron chi connectivity index (χ1n) is 6.16. The Kier molecular flexibility index (Phi) is 4.66. The molecule has 6 heteroatoms. The number of ether oxygens (including phenoxy) is 2. The highest BCUT2D eigenvalue weighted by atomic mass is 79.9. The van der Waals surface area contributed by atoms with Gasteiger partial charge in [-0.25, -0.2) is 0 Å². The van der Waals surface area contributed by atoms with Gasteiger partial charge in [0.2, 0.25) is 5.91 Å². The molecule has 0 fully saturated rings. The zero-order chi connectivity index (χ0) is 13.8. The molecule has 19 heavy (non-hydrogen) atoms. The molecule has 0 bridgehead atoms. The van der Waals surface area contributed by atoms with Crippen molar-refractivity contribution in [1.82, 2.24) is 5.32 Å². The van der Waals surface area contributed by atoms with Crippen LogP contribution in [0.2, 0.25) is 0 Å². The van der Waals surface area contributed by atoms with E-state index in [1.54, 1.807) is 0 Å². The van der Waals surface area contributed by atoms with E-state index in [-0.39, 0.29) is 11.9 Å². The van der Waals surface area contributed by atoms with Crippen molar-refractivity contribution in [1.29, 1.82) is 0 Å². The van der Waals surface area contributed by atoms with E-state index in [1.807, 2.05) is 19.1 Å². The Bertz CT molecular complexity index is 479. The molecule has 0 aliphatic carbocycles. The van der Waals surface area contributed by atoms with Crippen LogP contribution in [0.15, 0.2) is 16.6 Å². The second-order valence-electron chi connectivity index (χ2n) is 4.55. The first-order chi connectivity index (χ1) is 9.06. The highest BCUT2D eigenvalue weighted by Crippen LogP contribution is 2.38. The molecule has 104 valence electrons. The zero-order valence-corrected chi connectivity index (χ0v) is 12.3. The predicted molar refractivity (Wildman–Crippen MR) is 75.2 cm³/mol. The van der Waals surface area contributed by atoms with Crippen LogP contribution in [0.4, 0.5) is 0 Å². The van der Waals surface area contributed by atoms with Crippen molar-refractivity contribution in [2.75, 3.05) is 13.2 Å². The third-order valence-corrected chi connectivity index (χ3v) is 3.41. The van der Waals surface area contributed by atoms with Crippen LogP contribution in [0.1, 0.15) is 18.9 Å². The molecule has 1 amide bonds. The van der Waals surface area contributed by atoms with Crippen molar-refractivity contribution in [2.45, 2.75) is 25.9 Å². The summed E-state index contributed by atoms with van der Waals surface area (Å²) in [6, 6.07) is 3.98. The summed E-state index contributed by atoms with van der Waals surface area (Å²) in [5, 5.41) is 3.25. The maximum atomic E-state index is 10.8. The largest absolute Gasteiger partial charge is 0.486 e. The van der Waals surface area contributed by atoms with E-state index < -0.39 is 0 Å². The van der Waals surface area contributed by atoms with Gasteiger partial charge in [0.25, 0.3) is 0 Å². The van der Waals surface area contributed by atoms with Gasteiger partial charge in [0.05, 0.1) is 4.47 Å². The quantitative estimate of drug-likeness (QED) is 0.860. The third kappa shape index (κ3) is 3.84. The fourth-order valence-electron chi connectivity index (χ4n) is 1.93. The van der Waals surface area contributed by atoms with Crippen LogP contribution in [0, 0.1) is 0 Å². The molecular formula is C13H17BrN2O3. The van der Waals surface area contributed by atoms with Crippen molar-refractivity contribution in [3.8, 4) is 11.5 Å². The number of amides is 1. The van der Waals surface area contributed by atoms with E-state index in [4.69, 9.17) is 15.2 Å². The Labute approximate surface area is 120 Å². The Morgan fingerprint density at radius 3 is 2.95 bits per heavy atom. The molecule has 1 aliphatic rings. The molecule has 0 saturated carbocycles. The van der Waals surface area contributed by atoms with Crippen molar-refractivity contribution < 1.29 is 14.3 Å². The molecule has 1 aromatic rings. The first-order valence-corrected chi connectivity index (χ1v) is 6.95. The Balaban J connectivity index is 2.01. The monoisotopic (exact) mass is 328 g/mol. The number of halogens is 1. The summed E-state index contributed by atoms with van der Waals surface area (Å²) in [7, 11) is 0. The zero-order valence-electron chi connectivity index (χ0n) is 10.7. The molecule has 3 N–H and O–H groups in total. The number of fused-ring (bicyclic) bond motifs is 1. The van der Waals surface area contributed by atoms with E-state index in [0.717, 1.165) is 21.5 Å². The Hall–Kier alpha value is -1.27. The number of carbonyl (C=O) groups is 1. The fourth-order valence-corrected chi connectivity index (χ4v) is 2.54. The minimum Gasteiger partial charge on any atom is -0.486 e. The van der Waals surface area contributed by atoms with Gasteiger partial charge in [0.15, 0.2) is 11.5 Å². The number of rotatable bonds is 5. The maximum Gasteiger partial charge on any atom is 0.218 e. The van der Waals surface area contributed by atoms with Crippen LogP contribution >= 0.6 is 15.9 Å². The van der Waals surface area contributed by atoms with Gasteiger partial charge in [0.1, 0.15) is 13.2 Å². The molecule has 1 aromatic carbocycles. The van der Waals surface area contributed by atoms with Crippen LogP contribution in [0.3, 0.4) is 0 Å². The van der Waals surface area contributed by atoms with Gasteiger partial charge in [-0.3, -0.25) is 4.79 Å². The van der Waals surface area contributed by atoms with Crippen molar-refractivity contribution in [3.63, 3.8) is 0 Å². The smallest absolute Gasteiger partial charge is 0.218 e. The van der Waals surface area contributed by atoms with Crippen LogP contribution in [0.5, 0.6) is 11.5 Å². The van der Waals surface area contributed by atoms with Crippen LogP contribution in [0.25, 0.3) is 0 Å². The molecule has 0 saturated heterocycles. The van der Waals surface area contributed by atoms with E-state index in [2.05, 4.69) is 21.2 Å². The van der Waals surface area contributed by atoms with E-state index in [0.29, 0.717) is 26.2 Å². The van der Waals surface area contributed by atoms with E-state index in [1.165, 1.54) is 0 Å². The Morgan fingerprint density at radius 1 is 1.47 bits per heavy atom. The summed E-state index contributed by atoms with van der Waals surface area (Å²) in [5.74, 6) is 1.20. The molecule has 1 heterocycles. The van der Waals surface area contributed by atoms with E-state index >= 15 is 0 Å². The summed E-state index contributed by atoms with van der Waals surface area (Å²) in [6.07, 6.45) is 0.325. The number of nitrogens with one attached hydrogen (secondary N) is 1. The van der Waals surface area contributed by atoms with Gasteiger partial charge in [0, 0.05) is 19.0 Å². The molecular weight excluding hydrogens is 312 g/mol. The number of hydrogen-bond donors (Lipinski definition) is 2. The summed E-state index contributed by atoms with van der Waals surface area (Å²) in [6.45, 7) is 3.70. The second kappa shape index (κ2) is 6.25. The number of primary amides is 1. The number of hydrogen-bond acceptors (Lipinski definition) is 4. The fraction of sp³-hybridized carbons (Fsp3) is 0.462. The Morgan fingerprint density at radius 2 is 2.21 bits per heavy atom. The van der Waals surface area contributed by atoms with Gasteiger partial charge in [-0.05, 0) is 40.5 Å². The van der Waals surface area contributed by atoms with Crippen LogP contribution in [-0.2, 0) is 11.3 Å². The number of nitrogens with two attached hydrogens (primary N) is 1. The average molecular weight is 329 g/mol. The maximum absolute atomic E-state index is 10.8. The van der Waals surface area contributed by atoms with E-state index in [9.17, 15) is 4.79 Å². The van der Waals surface area contributed by atoms with Crippen molar-refractivity contribution >= 4 is 21.8 Å². The lowest BCUT2D eigenvalue weighted by atomic mass is 10.1. The lowest BCUT2D eigenvalue weighted by molar-refractivity contribution is -0.118. The molecule has 2 rings (SSSR count). The minimum absolute atomic E-state index is 0.0458. The molecule has 1 atom stereocenters. The minimum atomic E-state index is -0.302. The molecule has 0 spiro atoms. The topological polar surface area (TPSA) is 73.6 Å². The molecule has 0 aromatic heterocycles.